The molecule has 0 saturated heterocycles. The smallest absolute Gasteiger partial charge is 0.175 e. The van der Waals surface area contributed by atoms with Gasteiger partial charge in [-0.05, 0) is 42.8 Å². The zero-order valence-corrected chi connectivity index (χ0v) is 13.5. The van der Waals surface area contributed by atoms with Crippen molar-refractivity contribution in [2.45, 2.75) is 13.0 Å². The summed E-state index contributed by atoms with van der Waals surface area (Å²) in [4.78, 5) is 1.79. The van der Waals surface area contributed by atoms with E-state index in [1.165, 1.54) is 12.1 Å². The van der Waals surface area contributed by atoms with Crippen molar-refractivity contribution in [2.24, 2.45) is 0 Å². The van der Waals surface area contributed by atoms with Gasteiger partial charge in [-0.25, -0.2) is 9.07 Å². The molecule has 0 bridgehead atoms. The Labute approximate surface area is 139 Å². The third kappa shape index (κ3) is 3.57. The molecule has 2 heterocycles. The molecule has 2 aromatic heterocycles. The fraction of sp³-hybridized carbons (Fsp3) is 0.235. The number of aromatic nitrogens is 4. The molecule has 0 spiro atoms. The van der Waals surface area contributed by atoms with Crippen LogP contribution in [0.4, 0.5) is 10.2 Å². The van der Waals surface area contributed by atoms with Gasteiger partial charge in [-0.2, -0.15) is 5.10 Å². The quantitative estimate of drug-likeness (QED) is 0.779. The van der Waals surface area contributed by atoms with Gasteiger partial charge in [0.1, 0.15) is 5.82 Å². The van der Waals surface area contributed by atoms with E-state index in [0.717, 1.165) is 5.69 Å². The zero-order chi connectivity index (χ0) is 17.1. The molecule has 0 aliphatic heterocycles. The summed E-state index contributed by atoms with van der Waals surface area (Å²) in [6.07, 6.45) is 1.08. The molecule has 3 rings (SSSR count). The van der Waals surface area contributed by atoms with Gasteiger partial charge in [0.25, 0.3) is 0 Å². The summed E-state index contributed by atoms with van der Waals surface area (Å²) in [6, 6.07) is 11.3. The summed E-state index contributed by atoms with van der Waals surface area (Å²) in [5, 5.41) is 22.9. The highest BCUT2D eigenvalue weighted by Crippen LogP contribution is 2.17. The van der Waals surface area contributed by atoms with Crippen molar-refractivity contribution in [1.29, 1.82) is 0 Å². The minimum Gasteiger partial charge on any atom is -0.387 e. The summed E-state index contributed by atoms with van der Waals surface area (Å²) in [7, 11) is 1.81. The van der Waals surface area contributed by atoms with Gasteiger partial charge in [-0.15, -0.1) is 10.2 Å². The highest BCUT2D eigenvalue weighted by atomic mass is 19.1. The van der Waals surface area contributed by atoms with Gasteiger partial charge in [0.15, 0.2) is 11.6 Å². The number of anilines is 1. The molecule has 0 saturated carbocycles. The molecular weight excluding hydrogens is 309 g/mol. The van der Waals surface area contributed by atoms with E-state index in [1.54, 1.807) is 21.7 Å². The molecule has 0 aliphatic rings. The van der Waals surface area contributed by atoms with Crippen molar-refractivity contribution in [2.75, 3.05) is 18.5 Å². The van der Waals surface area contributed by atoms with E-state index >= 15 is 0 Å². The van der Waals surface area contributed by atoms with Crippen molar-refractivity contribution in [3.8, 4) is 5.82 Å². The van der Waals surface area contributed by atoms with Crippen LogP contribution in [0.3, 0.4) is 0 Å². The second-order valence-corrected chi connectivity index (χ2v) is 5.60. The first-order valence-electron chi connectivity index (χ1n) is 7.54. The molecule has 0 aliphatic carbocycles. The number of likely N-dealkylation sites (N-methyl/N-ethyl adjacent to an activating group) is 1. The number of hydrogen-bond donors (Lipinski definition) is 1. The molecule has 0 fully saturated rings. The fourth-order valence-corrected chi connectivity index (χ4v) is 2.33. The van der Waals surface area contributed by atoms with E-state index < -0.39 is 6.10 Å². The molecule has 7 heteroatoms. The summed E-state index contributed by atoms with van der Waals surface area (Å²) in [5.41, 5.74) is 1.56. The fourth-order valence-electron chi connectivity index (χ4n) is 2.33. The first-order valence-corrected chi connectivity index (χ1v) is 7.54. The lowest BCUT2D eigenvalue weighted by molar-refractivity contribution is 0.184. The minimum absolute atomic E-state index is 0.320. The van der Waals surface area contributed by atoms with Crippen LogP contribution in [0.5, 0.6) is 0 Å². The second-order valence-electron chi connectivity index (χ2n) is 5.60. The first kappa shape index (κ1) is 16.1. The van der Waals surface area contributed by atoms with Crippen LogP contribution in [0.1, 0.15) is 17.4 Å². The van der Waals surface area contributed by atoms with Gasteiger partial charge >= 0.3 is 0 Å². The van der Waals surface area contributed by atoms with Gasteiger partial charge in [0.05, 0.1) is 11.8 Å². The van der Waals surface area contributed by atoms with Crippen LogP contribution in [0, 0.1) is 12.7 Å². The molecule has 0 radical (unpaired) electrons. The Morgan fingerprint density at radius 1 is 1.12 bits per heavy atom. The van der Waals surface area contributed by atoms with E-state index in [1.807, 2.05) is 38.4 Å². The normalized spacial score (nSPS) is 12.2. The lowest BCUT2D eigenvalue weighted by Crippen LogP contribution is -2.25. The Balaban J connectivity index is 1.68. The van der Waals surface area contributed by atoms with Crippen molar-refractivity contribution in [3.63, 3.8) is 0 Å². The molecule has 3 aromatic rings. The average molecular weight is 327 g/mol. The molecule has 1 N–H and O–H groups in total. The van der Waals surface area contributed by atoms with Crippen LogP contribution in [0.25, 0.3) is 5.82 Å². The highest BCUT2D eigenvalue weighted by molar-refractivity contribution is 5.39. The number of aryl methyl sites for hydroxylation is 1. The Morgan fingerprint density at radius 3 is 2.46 bits per heavy atom. The third-order valence-corrected chi connectivity index (χ3v) is 3.69. The topological polar surface area (TPSA) is 67.1 Å². The minimum atomic E-state index is -0.745. The predicted octanol–water partition coefficient (Wildman–Crippen LogP) is 2.28. The van der Waals surface area contributed by atoms with Crippen molar-refractivity contribution in [1.82, 2.24) is 20.0 Å². The second kappa shape index (κ2) is 6.76. The number of hydrogen-bond acceptors (Lipinski definition) is 5. The van der Waals surface area contributed by atoms with E-state index in [4.69, 9.17) is 0 Å². The Morgan fingerprint density at radius 2 is 1.88 bits per heavy atom. The van der Waals surface area contributed by atoms with Crippen molar-refractivity contribution < 1.29 is 9.50 Å². The molecule has 1 aromatic carbocycles. The highest BCUT2D eigenvalue weighted by Gasteiger charge is 2.13. The number of benzene rings is 1. The summed E-state index contributed by atoms with van der Waals surface area (Å²) in [5.74, 6) is 0.928. The van der Waals surface area contributed by atoms with Crippen molar-refractivity contribution >= 4 is 5.82 Å². The Bertz CT molecular complexity index is 801. The van der Waals surface area contributed by atoms with E-state index in [9.17, 15) is 9.50 Å². The summed E-state index contributed by atoms with van der Waals surface area (Å²) >= 11 is 0. The number of halogens is 1. The molecule has 1 atom stereocenters. The molecule has 0 amide bonds. The van der Waals surface area contributed by atoms with E-state index in [-0.39, 0.29) is 5.82 Å². The average Bonchev–Trinajstić information content (AvgIpc) is 3.02. The predicted molar refractivity (Wildman–Crippen MR) is 88.5 cm³/mol. The molecular formula is C17H18FN5O. The van der Waals surface area contributed by atoms with Gasteiger partial charge in [0.2, 0.25) is 0 Å². The van der Waals surface area contributed by atoms with Crippen LogP contribution in [-0.2, 0) is 0 Å². The third-order valence-electron chi connectivity index (χ3n) is 3.69. The summed E-state index contributed by atoms with van der Waals surface area (Å²) < 4.78 is 14.6. The van der Waals surface area contributed by atoms with Crippen LogP contribution >= 0.6 is 0 Å². The summed E-state index contributed by atoms with van der Waals surface area (Å²) in [6.45, 7) is 2.23. The van der Waals surface area contributed by atoms with Crippen LogP contribution in [0.15, 0.2) is 48.7 Å². The van der Waals surface area contributed by atoms with Crippen LogP contribution < -0.4 is 4.90 Å². The van der Waals surface area contributed by atoms with Gasteiger partial charge in [0, 0.05) is 19.8 Å². The largest absolute Gasteiger partial charge is 0.387 e. The Hall–Kier alpha value is -2.80. The van der Waals surface area contributed by atoms with Crippen molar-refractivity contribution in [3.05, 3.63) is 65.7 Å². The standard InChI is InChI=1S/C17H18FN5O/c1-12-9-10-23(21-12)17-8-7-16(19-20-17)22(2)11-15(24)13-3-5-14(18)6-4-13/h3-10,15,24H,11H2,1-2H3/t15-/m1/s1. The number of rotatable bonds is 5. The maximum atomic E-state index is 12.9. The van der Waals surface area contributed by atoms with E-state index in [0.29, 0.717) is 23.7 Å². The Kier molecular flexibility index (Phi) is 4.52. The number of aliphatic hydroxyl groups is 1. The maximum Gasteiger partial charge on any atom is 0.175 e. The monoisotopic (exact) mass is 327 g/mol. The molecule has 6 nitrogen and oxygen atoms in total. The molecule has 24 heavy (non-hydrogen) atoms. The lowest BCUT2D eigenvalue weighted by atomic mass is 10.1. The van der Waals surface area contributed by atoms with Crippen LogP contribution in [0.2, 0.25) is 0 Å². The molecule has 124 valence electrons. The maximum absolute atomic E-state index is 12.9. The van der Waals surface area contributed by atoms with E-state index in [2.05, 4.69) is 15.3 Å². The molecule has 0 unspecified atom stereocenters. The van der Waals surface area contributed by atoms with Gasteiger partial charge in [-0.1, -0.05) is 12.1 Å². The van der Waals surface area contributed by atoms with Gasteiger partial charge in [-0.3, -0.25) is 0 Å². The zero-order valence-electron chi connectivity index (χ0n) is 13.5. The number of nitrogens with zero attached hydrogens (tertiary/aromatic N) is 5. The first-order chi connectivity index (χ1) is 11.5. The SMILES string of the molecule is Cc1ccn(-c2ccc(N(C)C[C@@H](O)c3ccc(F)cc3)nn2)n1. The number of aliphatic hydroxyl groups excluding tert-OH is 1. The van der Waals surface area contributed by atoms with Gasteiger partial charge < -0.3 is 10.0 Å². The van der Waals surface area contributed by atoms with Crippen LogP contribution in [-0.4, -0.2) is 38.7 Å². The lowest BCUT2D eigenvalue weighted by Gasteiger charge is -2.21.